The van der Waals surface area contributed by atoms with Crippen molar-refractivity contribution in [2.24, 2.45) is 0 Å². The fourth-order valence-corrected chi connectivity index (χ4v) is 1.99. The first kappa shape index (κ1) is 13.3. The maximum absolute atomic E-state index is 11.7. The average molecular weight is 278 g/mol. The van der Waals surface area contributed by atoms with Gasteiger partial charge in [0.05, 0.1) is 6.61 Å². The number of rotatable bonds is 4. The Morgan fingerprint density at radius 3 is 2.58 bits per heavy atom. The third kappa shape index (κ3) is 3.92. The van der Waals surface area contributed by atoms with Crippen LogP contribution in [-0.4, -0.2) is 22.8 Å². The highest BCUT2D eigenvalue weighted by Gasteiger charge is 2.06. The van der Waals surface area contributed by atoms with Crippen molar-refractivity contribution in [1.82, 2.24) is 10.2 Å². The third-order valence-electron chi connectivity index (χ3n) is 2.17. The Balaban J connectivity index is 1.91. The Hall–Kier alpha value is -2.15. The molecule has 0 spiro atoms. The summed E-state index contributed by atoms with van der Waals surface area (Å²) in [6.07, 6.45) is 0. The Morgan fingerprint density at radius 2 is 2.00 bits per heavy atom. The first-order valence-corrected chi connectivity index (χ1v) is 6.60. The zero-order valence-electron chi connectivity index (χ0n) is 10.6. The van der Waals surface area contributed by atoms with E-state index in [0.29, 0.717) is 17.4 Å². The highest BCUT2D eigenvalue weighted by Crippen LogP contribution is 2.17. The molecule has 0 unspecified atom stereocenters. The molecule has 0 radical (unpaired) electrons. The number of hydrogen-bond acceptors (Lipinski definition) is 5. The maximum Gasteiger partial charge on any atom is 0.325 e. The molecule has 2 rings (SSSR count). The molecule has 1 heterocycles. The summed E-state index contributed by atoms with van der Waals surface area (Å²) in [5.74, 6) is 0.771. The van der Waals surface area contributed by atoms with E-state index in [0.717, 1.165) is 10.8 Å². The van der Waals surface area contributed by atoms with Gasteiger partial charge in [0.1, 0.15) is 10.8 Å². The Morgan fingerprint density at radius 1 is 1.26 bits per heavy atom. The number of ether oxygens (including phenoxy) is 1. The van der Waals surface area contributed by atoms with Crippen molar-refractivity contribution >= 4 is 28.2 Å². The lowest BCUT2D eigenvalue weighted by Gasteiger charge is -2.06. The van der Waals surface area contributed by atoms with Crippen LogP contribution >= 0.6 is 11.3 Å². The van der Waals surface area contributed by atoms with Crippen LogP contribution in [0.1, 0.15) is 11.9 Å². The molecule has 2 aromatic rings. The molecule has 2 N–H and O–H groups in total. The van der Waals surface area contributed by atoms with Crippen LogP contribution in [0.3, 0.4) is 0 Å². The van der Waals surface area contributed by atoms with Crippen LogP contribution in [0.5, 0.6) is 5.75 Å². The van der Waals surface area contributed by atoms with E-state index >= 15 is 0 Å². The Bertz CT molecular complexity index is 553. The number of urea groups is 1. The molecule has 0 bridgehead atoms. The largest absolute Gasteiger partial charge is 0.494 e. The number of amides is 2. The molecule has 0 atom stereocenters. The molecule has 0 aliphatic rings. The van der Waals surface area contributed by atoms with Crippen LogP contribution in [0.15, 0.2) is 24.3 Å². The van der Waals surface area contributed by atoms with Gasteiger partial charge < -0.3 is 10.1 Å². The molecule has 1 aromatic heterocycles. The van der Waals surface area contributed by atoms with Gasteiger partial charge in [-0.15, -0.1) is 10.2 Å². The highest BCUT2D eigenvalue weighted by molar-refractivity contribution is 7.15. The predicted octanol–water partition coefficient (Wildman–Crippen LogP) is 2.89. The van der Waals surface area contributed by atoms with Gasteiger partial charge in [-0.3, -0.25) is 5.32 Å². The van der Waals surface area contributed by atoms with E-state index in [-0.39, 0.29) is 6.03 Å². The Labute approximate surface area is 114 Å². The molecule has 0 saturated heterocycles. The second kappa shape index (κ2) is 6.14. The molecular weight excluding hydrogens is 264 g/mol. The van der Waals surface area contributed by atoms with Gasteiger partial charge in [0, 0.05) is 5.69 Å². The Kier molecular flexibility index (Phi) is 4.30. The van der Waals surface area contributed by atoms with E-state index in [1.807, 2.05) is 13.8 Å². The van der Waals surface area contributed by atoms with Gasteiger partial charge in [0.25, 0.3) is 0 Å². The zero-order valence-corrected chi connectivity index (χ0v) is 11.5. The summed E-state index contributed by atoms with van der Waals surface area (Å²) < 4.78 is 5.32. The third-order valence-corrected chi connectivity index (χ3v) is 2.92. The predicted molar refractivity (Wildman–Crippen MR) is 74.9 cm³/mol. The van der Waals surface area contributed by atoms with Crippen LogP contribution in [0.25, 0.3) is 0 Å². The number of nitrogens with one attached hydrogen (secondary N) is 2. The summed E-state index contributed by atoms with van der Waals surface area (Å²) in [5.41, 5.74) is 0.683. The first-order valence-electron chi connectivity index (χ1n) is 5.78. The number of benzene rings is 1. The van der Waals surface area contributed by atoms with Crippen molar-refractivity contribution in [1.29, 1.82) is 0 Å². The van der Waals surface area contributed by atoms with E-state index < -0.39 is 0 Å². The molecule has 0 aliphatic heterocycles. The normalized spacial score (nSPS) is 10.0. The van der Waals surface area contributed by atoms with Gasteiger partial charge in [-0.05, 0) is 38.1 Å². The highest BCUT2D eigenvalue weighted by atomic mass is 32.1. The number of anilines is 2. The molecule has 100 valence electrons. The summed E-state index contributed by atoms with van der Waals surface area (Å²) in [6.45, 7) is 4.36. The van der Waals surface area contributed by atoms with Crippen molar-refractivity contribution in [2.75, 3.05) is 17.2 Å². The molecule has 0 fully saturated rings. The second-order valence-corrected chi connectivity index (χ2v) is 4.84. The van der Waals surface area contributed by atoms with E-state index in [9.17, 15) is 4.79 Å². The summed E-state index contributed by atoms with van der Waals surface area (Å²) in [7, 11) is 0. The van der Waals surface area contributed by atoms with Gasteiger partial charge in [-0.2, -0.15) is 0 Å². The summed E-state index contributed by atoms with van der Waals surface area (Å²) in [5, 5.41) is 14.2. The van der Waals surface area contributed by atoms with Crippen LogP contribution in [0.2, 0.25) is 0 Å². The molecule has 7 heteroatoms. The van der Waals surface area contributed by atoms with Crippen LogP contribution in [-0.2, 0) is 0 Å². The lowest BCUT2D eigenvalue weighted by molar-refractivity contribution is 0.262. The van der Waals surface area contributed by atoms with Crippen molar-refractivity contribution in [2.45, 2.75) is 13.8 Å². The van der Waals surface area contributed by atoms with Crippen LogP contribution in [0, 0.1) is 6.92 Å². The average Bonchev–Trinajstić information content (AvgIpc) is 2.77. The van der Waals surface area contributed by atoms with Gasteiger partial charge in [0.15, 0.2) is 0 Å². The minimum Gasteiger partial charge on any atom is -0.494 e. The van der Waals surface area contributed by atoms with Crippen LogP contribution < -0.4 is 15.4 Å². The van der Waals surface area contributed by atoms with Gasteiger partial charge in [-0.1, -0.05) is 11.3 Å². The molecule has 19 heavy (non-hydrogen) atoms. The van der Waals surface area contributed by atoms with Gasteiger partial charge in [0.2, 0.25) is 5.13 Å². The lowest BCUT2D eigenvalue weighted by Crippen LogP contribution is -2.19. The topological polar surface area (TPSA) is 76.1 Å². The van der Waals surface area contributed by atoms with Crippen molar-refractivity contribution in [3.05, 3.63) is 29.3 Å². The second-order valence-electron chi connectivity index (χ2n) is 3.66. The van der Waals surface area contributed by atoms with E-state index in [4.69, 9.17) is 4.74 Å². The fraction of sp³-hybridized carbons (Fsp3) is 0.250. The molecule has 0 saturated carbocycles. The summed E-state index contributed by atoms with van der Waals surface area (Å²) in [6, 6.07) is 6.80. The van der Waals surface area contributed by atoms with E-state index in [2.05, 4.69) is 20.8 Å². The molecule has 6 nitrogen and oxygen atoms in total. The monoisotopic (exact) mass is 278 g/mol. The number of carbonyl (C=O) groups excluding carboxylic acids is 1. The van der Waals surface area contributed by atoms with Crippen LogP contribution in [0.4, 0.5) is 15.6 Å². The number of carbonyl (C=O) groups is 1. The number of aryl methyl sites for hydroxylation is 1. The molecule has 2 amide bonds. The molecular formula is C12H14N4O2S. The number of hydrogen-bond donors (Lipinski definition) is 2. The number of nitrogens with zero attached hydrogens (tertiary/aromatic N) is 2. The van der Waals surface area contributed by atoms with E-state index in [1.54, 1.807) is 24.3 Å². The van der Waals surface area contributed by atoms with Crippen molar-refractivity contribution < 1.29 is 9.53 Å². The minimum absolute atomic E-state index is 0.347. The number of aromatic nitrogens is 2. The lowest BCUT2D eigenvalue weighted by atomic mass is 10.3. The SMILES string of the molecule is CCOc1ccc(NC(=O)Nc2nnc(C)s2)cc1. The zero-order chi connectivity index (χ0) is 13.7. The maximum atomic E-state index is 11.7. The summed E-state index contributed by atoms with van der Waals surface area (Å²) in [4.78, 5) is 11.7. The molecule has 1 aromatic carbocycles. The standard InChI is InChI=1S/C12H14N4O2S/c1-3-18-10-6-4-9(5-7-10)13-11(17)14-12-16-15-8(2)19-12/h4-7H,3H2,1-2H3,(H2,13,14,16,17). The smallest absolute Gasteiger partial charge is 0.325 e. The quantitative estimate of drug-likeness (QED) is 0.901. The minimum atomic E-state index is -0.347. The fourth-order valence-electron chi connectivity index (χ4n) is 1.41. The van der Waals surface area contributed by atoms with Crippen molar-refractivity contribution in [3.63, 3.8) is 0 Å². The van der Waals surface area contributed by atoms with E-state index in [1.165, 1.54) is 11.3 Å². The van der Waals surface area contributed by atoms with Gasteiger partial charge >= 0.3 is 6.03 Å². The van der Waals surface area contributed by atoms with Crippen molar-refractivity contribution in [3.8, 4) is 5.75 Å². The summed E-state index contributed by atoms with van der Waals surface area (Å²) >= 11 is 1.32. The van der Waals surface area contributed by atoms with Gasteiger partial charge in [-0.25, -0.2) is 4.79 Å². The first-order chi connectivity index (χ1) is 9.17. The molecule has 0 aliphatic carbocycles.